The smallest absolute Gasteiger partial charge is 0.227 e. The monoisotopic (exact) mass is 334 g/mol. The molecule has 1 saturated heterocycles. The van der Waals surface area contributed by atoms with Crippen LogP contribution in [0.25, 0.3) is 0 Å². The van der Waals surface area contributed by atoms with E-state index in [0.717, 1.165) is 37.3 Å². The molecule has 1 unspecified atom stereocenters. The first-order valence-electron chi connectivity index (χ1n) is 7.99. The molecule has 124 valence electrons. The molecule has 3 rings (SSSR count). The average molecular weight is 334 g/mol. The Bertz CT molecular complexity index is 745. The van der Waals surface area contributed by atoms with Gasteiger partial charge in [-0.3, -0.25) is 14.6 Å². The van der Waals surface area contributed by atoms with Crippen LogP contribution < -0.4 is 0 Å². The van der Waals surface area contributed by atoms with E-state index in [1.807, 2.05) is 22.7 Å². The number of aromatic amines is 1. The number of amides is 1. The fourth-order valence-electron chi connectivity index (χ4n) is 3.21. The van der Waals surface area contributed by atoms with Crippen molar-refractivity contribution in [2.75, 3.05) is 13.1 Å². The number of H-pyrrole nitrogens is 1. The van der Waals surface area contributed by atoms with Crippen LogP contribution in [-0.2, 0) is 24.8 Å². The van der Waals surface area contributed by atoms with Gasteiger partial charge in [-0.05, 0) is 37.5 Å². The number of rotatable bonds is 4. The minimum Gasteiger partial charge on any atom is -0.342 e. The molecule has 1 aliphatic rings. The lowest BCUT2D eigenvalue weighted by Gasteiger charge is -2.32. The van der Waals surface area contributed by atoms with E-state index in [1.54, 1.807) is 10.9 Å². The fourth-order valence-corrected chi connectivity index (χ4v) is 3.48. The van der Waals surface area contributed by atoms with E-state index in [9.17, 15) is 4.79 Å². The molecule has 0 radical (unpaired) electrons. The Balaban J connectivity index is 1.70. The van der Waals surface area contributed by atoms with Crippen LogP contribution in [0.15, 0.2) is 12.4 Å². The van der Waals surface area contributed by atoms with E-state index in [1.165, 1.54) is 0 Å². The van der Waals surface area contributed by atoms with Crippen molar-refractivity contribution in [2.45, 2.75) is 38.6 Å². The Morgan fingerprint density at radius 2 is 2.35 bits per heavy atom. The second kappa shape index (κ2) is 6.66. The molecule has 1 atom stereocenters. The molecule has 0 spiro atoms. The maximum atomic E-state index is 12.5. The third kappa shape index (κ3) is 3.36. The lowest BCUT2D eigenvalue weighted by Crippen LogP contribution is -2.40. The lowest BCUT2D eigenvalue weighted by molar-refractivity contribution is -0.131. The van der Waals surface area contributed by atoms with Gasteiger partial charge < -0.3 is 9.47 Å². The van der Waals surface area contributed by atoms with Crippen LogP contribution in [0.5, 0.6) is 0 Å². The molecule has 0 bridgehead atoms. The summed E-state index contributed by atoms with van der Waals surface area (Å²) in [5, 5.41) is 11.4. The summed E-state index contributed by atoms with van der Waals surface area (Å²) in [5.41, 5.74) is 0.954. The first-order chi connectivity index (χ1) is 11.1. The van der Waals surface area contributed by atoms with Crippen molar-refractivity contribution in [3.63, 3.8) is 0 Å². The summed E-state index contributed by atoms with van der Waals surface area (Å²) in [5.74, 6) is 1.37. The molecule has 0 aromatic carbocycles. The second-order valence-corrected chi connectivity index (χ2v) is 6.40. The zero-order valence-corrected chi connectivity index (χ0v) is 14.3. The van der Waals surface area contributed by atoms with Gasteiger partial charge >= 0.3 is 0 Å². The maximum Gasteiger partial charge on any atom is 0.227 e. The molecule has 0 saturated carbocycles. The Labute approximate surface area is 140 Å². The number of hydrogen-bond acceptors (Lipinski definition) is 4. The van der Waals surface area contributed by atoms with E-state index in [-0.39, 0.29) is 11.8 Å². The molecule has 3 heterocycles. The van der Waals surface area contributed by atoms with Crippen molar-refractivity contribution < 1.29 is 4.79 Å². The molecular weight excluding hydrogens is 312 g/mol. The highest BCUT2D eigenvalue weighted by Gasteiger charge is 2.28. The van der Waals surface area contributed by atoms with Gasteiger partial charge in [-0.25, -0.2) is 0 Å². The maximum absolute atomic E-state index is 12.5. The number of piperidine rings is 1. The van der Waals surface area contributed by atoms with E-state index >= 15 is 0 Å². The highest BCUT2D eigenvalue weighted by atomic mass is 32.1. The number of aromatic nitrogens is 5. The number of hydrogen-bond donors (Lipinski definition) is 1. The van der Waals surface area contributed by atoms with Crippen LogP contribution in [0, 0.1) is 4.77 Å². The quantitative estimate of drug-likeness (QED) is 0.863. The summed E-state index contributed by atoms with van der Waals surface area (Å²) in [4.78, 5) is 14.5. The van der Waals surface area contributed by atoms with Crippen LogP contribution in [0.3, 0.4) is 0 Å². The Hall–Kier alpha value is -1.96. The summed E-state index contributed by atoms with van der Waals surface area (Å²) in [6.07, 6.45) is 6.08. The molecule has 2 aromatic heterocycles. The molecule has 8 heteroatoms. The molecule has 7 nitrogen and oxygen atoms in total. The molecule has 23 heavy (non-hydrogen) atoms. The van der Waals surface area contributed by atoms with Crippen molar-refractivity contribution in [1.29, 1.82) is 0 Å². The number of likely N-dealkylation sites (tertiary alicyclic amines) is 1. The van der Waals surface area contributed by atoms with Crippen LogP contribution in [0.1, 0.15) is 37.1 Å². The van der Waals surface area contributed by atoms with Crippen molar-refractivity contribution in [3.8, 4) is 0 Å². The molecule has 2 aromatic rings. The van der Waals surface area contributed by atoms with Gasteiger partial charge in [0.1, 0.15) is 5.82 Å². The molecule has 1 amide bonds. The predicted molar refractivity (Wildman–Crippen MR) is 88.6 cm³/mol. The van der Waals surface area contributed by atoms with Gasteiger partial charge in [0.25, 0.3) is 0 Å². The molecular formula is C15H22N6OS. The van der Waals surface area contributed by atoms with Gasteiger partial charge in [0.2, 0.25) is 5.91 Å². The lowest BCUT2D eigenvalue weighted by atomic mass is 9.96. The van der Waals surface area contributed by atoms with Crippen LogP contribution >= 0.6 is 12.2 Å². The highest BCUT2D eigenvalue weighted by Crippen LogP contribution is 2.26. The Morgan fingerprint density at radius 3 is 3.04 bits per heavy atom. The fraction of sp³-hybridized carbons (Fsp3) is 0.600. The summed E-state index contributed by atoms with van der Waals surface area (Å²) in [6, 6.07) is 0. The van der Waals surface area contributed by atoms with Gasteiger partial charge in [-0.1, -0.05) is 0 Å². The van der Waals surface area contributed by atoms with Crippen molar-refractivity contribution in [3.05, 3.63) is 28.6 Å². The van der Waals surface area contributed by atoms with Crippen molar-refractivity contribution in [2.24, 2.45) is 7.05 Å². The highest BCUT2D eigenvalue weighted by molar-refractivity contribution is 7.71. The normalized spacial score (nSPS) is 18.3. The molecule has 1 aliphatic heterocycles. The number of nitrogens with one attached hydrogen (secondary N) is 1. The third-order valence-electron chi connectivity index (χ3n) is 4.36. The third-order valence-corrected chi connectivity index (χ3v) is 4.67. The van der Waals surface area contributed by atoms with Gasteiger partial charge in [0, 0.05) is 38.8 Å². The van der Waals surface area contributed by atoms with E-state index in [2.05, 4.69) is 22.2 Å². The van der Waals surface area contributed by atoms with Crippen LogP contribution in [0.4, 0.5) is 0 Å². The number of nitrogens with zero attached hydrogens (tertiary/aromatic N) is 5. The summed E-state index contributed by atoms with van der Waals surface area (Å²) < 4.78 is 4.40. The molecule has 1 fully saturated rings. The standard InChI is InChI=1S/C15H22N6OS/c1-3-21-14(17-18-15(21)23)12-5-4-6-20(10-12)13(22)7-11-8-16-19(2)9-11/h8-9,12H,3-7,10H2,1-2H3,(H,18,23). The van der Waals surface area contributed by atoms with Gasteiger partial charge in [0.15, 0.2) is 4.77 Å². The van der Waals surface area contributed by atoms with E-state index in [4.69, 9.17) is 12.2 Å². The summed E-state index contributed by atoms with van der Waals surface area (Å²) >= 11 is 5.27. The van der Waals surface area contributed by atoms with Crippen molar-refractivity contribution in [1.82, 2.24) is 29.4 Å². The SMILES string of the molecule is CCn1c(C2CCCN(C(=O)Cc3cnn(C)c3)C2)n[nH]c1=S. The van der Waals surface area contributed by atoms with Gasteiger partial charge in [-0.15, -0.1) is 0 Å². The van der Waals surface area contributed by atoms with Crippen LogP contribution in [0.2, 0.25) is 0 Å². The molecule has 1 N–H and O–H groups in total. The predicted octanol–water partition coefficient (Wildman–Crippen LogP) is 1.64. The first-order valence-corrected chi connectivity index (χ1v) is 8.39. The first kappa shape index (κ1) is 15.9. The second-order valence-electron chi connectivity index (χ2n) is 6.01. The van der Waals surface area contributed by atoms with E-state index in [0.29, 0.717) is 17.7 Å². The zero-order chi connectivity index (χ0) is 16.4. The Kier molecular flexibility index (Phi) is 4.61. The minimum absolute atomic E-state index is 0.153. The minimum atomic E-state index is 0.153. The zero-order valence-electron chi connectivity index (χ0n) is 13.5. The summed E-state index contributed by atoms with van der Waals surface area (Å²) in [6.45, 7) is 4.37. The number of carbonyl (C=O) groups is 1. The topological polar surface area (TPSA) is 71.7 Å². The Morgan fingerprint density at radius 1 is 1.52 bits per heavy atom. The van der Waals surface area contributed by atoms with Gasteiger partial charge in [-0.2, -0.15) is 10.2 Å². The van der Waals surface area contributed by atoms with E-state index < -0.39 is 0 Å². The largest absolute Gasteiger partial charge is 0.342 e. The van der Waals surface area contributed by atoms with Crippen molar-refractivity contribution >= 4 is 18.1 Å². The number of carbonyl (C=O) groups excluding carboxylic acids is 1. The van der Waals surface area contributed by atoms with Crippen LogP contribution in [-0.4, -0.2) is 48.4 Å². The molecule has 0 aliphatic carbocycles. The average Bonchev–Trinajstić information content (AvgIpc) is 3.12. The number of aryl methyl sites for hydroxylation is 1. The van der Waals surface area contributed by atoms with Gasteiger partial charge in [0.05, 0.1) is 12.6 Å². The summed E-state index contributed by atoms with van der Waals surface area (Å²) in [7, 11) is 1.86.